The van der Waals surface area contributed by atoms with Gasteiger partial charge in [-0.3, -0.25) is 4.79 Å². The van der Waals surface area contributed by atoms with Gasteiger partial charge in [0.05, 0.1) is 6.10 Å². The predicted molar refractivity (Wildman–Crippen MR) is 75.3 cm³/mol. The highest BCUT2D eigenvalue weighted by Gasteiger charge is 2.27. The van der Waals surface area contributed by atoms with Gasteiger partial charge in [0.15, 0.2) is 0 Å². The Balaban J connectivity index is 1.93. The van der Waals surface area contributed by atoms with Gasteiger partial charge in [-0.1, -0.05) is 12.1 Å². The number of carboxylic acids is 1. The zero-order valence-corrected chi connectivity index (χ0v) is 11.2. The van der Waals surface area contributed by atoms with E-state index in [0.717, 1.165) is 24.5 Å². The van der Waals surface area contributed by atoms with E-state index in [1.807, 2.05) is 6.92 Å². The maximum Gasteiger partial charge on any atom is 0.328 e. The predicted octanol–water partition coefficient (Wildman–Crippen LogP) is 2.29. The molecule has 106 valence electrons. The van der Waals surface area contributed by atoms with Crippen LogP contribution in [-0.2, 0) is 14.3 Å². The van der Waals surface area contributed by atoms with Crippen molar-refractivity contribution in [2.75, 3.05) is 5.32 Å². The van der Waals surface area contributed by atoms with Crippen LogP contribution in [0.5, 0.6) is 0 Å². The van der Waals surface area contributed by atoms with Crippen molar-refractivity contribution in [3.8, 4) is 0 Å². The van der Waals surface area contributed by atoms with Crippen LogP contribution >= 0.6 is 0 Å². The number of hydrogen-bond acceptors (Lipinski definition) is 3. The Hall–Kier alpha value is -2.14. The number of hydrogen-bond donors (Lipinski definition) is 2. The van der Waals surface area contributed by atoms with Gasteiger partial charge in [0.1, 0.15) is 6.10 Å². The number of carbonyl (C=O) groups is 2. The van der Waals surface area contributed by atoms with Crippen LogP contribution < -0.4 is 5.32 Å². The zero-order valence-electron chi connectivity index (χ0n) is 11.2. The lowest BCUT2D eigenvalue weighted by atomic mass is 10.1. The van der Waals surface area contributed by atoms with Gasteiger partial charge >= 0.3 is 5.97 Å². The van der Waals surface area contributed by atoms with E-state index in [-0.39, 0.29) is 18.1 Å². The molecule has 2 N–H and O–H groups in total. The summed E-state index contributed by atoms with van der Waals surface area (Å²) >= 11 is 0. The molecule has 0 saturated carbocycles. The lowest BCUT2D eigenvalue weighted by Gasteiger charge is -2.11. The van der Waals surface area contributed by atoms with Gasteiger partial charge in [0.25, 0.3) is 5.91 Å². The Labute approximate surface area is 117 Å². The van der Waals surface area contributed by atoms with Crippen molar-refractivity contribution in [3.05, 3.63) is 35.9 Å². The minimum atomic E-state index is -0.991. The summed E-state index contributed by atoms with van der Waals surface area (Å²) in [4.78, 5) is 22.3. The molecular formula is C15H17NO4. The summed E-state index contributed by atoms with van der Waals surface area (Å²) in [5.74, 6) is -1.13. The molecule has 2 unspecified atom stereocenters. The normalized spacial score (nSPS) is 22.1. The average molecular weight is 275 g/mol. The number of carbonyl (C=O) groups excluding carboxylic acids is 1. The molecule has 1 amide bonds. The molecule has 1 saturated heterocycles. The van der Waals surface area contributed by atoms with Crippen LogP contribution in [0.3, 0.4) is 0 Å². The third kappa shape index (κ3) is 3.93. The molecule has 2 rings (SSSR count). The Kier molecular flexibility index (Phi) is 4.53. The number of amides is 1. The third-order valence-corrected chi connectivity index (χ3v) is 3.12. The van der Waals surface area contributed by atoms with Crippen molar-refractivity contribution < 1.29 is 19.4 Å². The van der Waals surface area contributed by atoms with E-state index < -0.39 is 5.97 Å². The van der Waals surface area contributed by atoms with Crippen LogP contribution in [0.2, 0.25) is 0 Å². The molecule has 20 heavy (non-hydrogen) atoms. The first-order valence-electron chi connectivity index (χ1n) is 6.52. The Bertz CT molecular complexity index is 521. The van der Waals surface area contributed by atoms with E-state index >= 15 is 0 Å². The molecule has 1 aliphatic rings. The maximum absolute atomic E-state index is 11.9. The zero-order chi connectivity index (χ0) is 14.5. The number of nitrogens with one attached hydrogen (secondary N) is 1. The molecule has 1 aromatic carbocycles. The van der Waals surface area contributed by atoms with Crippen molar-refractivity contribution in [2.24, 2.45) is 0 Å². The van der Waals surface area contributed by atoms with Gasteiger partial charge < -0.3 is 15.2 Å². The van der Waals surface area contributed by atoms with Crippen LogP contribution in [0.25, 0.3) is 6.08 Å². The van der Waals surface area contributed by atoms with Crippen molar-refractivity contribution in [1.82, 2.24) is 0 Å². The molecule has 5 heteroatoms. The SMILES string of the molecule is CC1CCC(C(=O)Nc2ccc(/C=C/C(=O)O)cc2)O1. The monoisotopic (exact) mass is 275 g/mol. The number of rotatable bonds is 4. The van der Waals surface area contributed by atoms with Gasteiger partial charge in [-0.2, -0.15) is 0 Å². The van der Waals surface area contributed by atoms with Crippen molar-refractivity contribution in [3.63, 3.8) is 0 Å². The van der Waals surface area contributed by atoms with E-state index in [0.29, 0.717) is 5.69 Å². The standard InChI is InChI=1S/C15H17NO4/c1-10-2-8-13(20-10)15(19)16-12-6-3-11(4-7-12)5-9-14(17)18/h3-7,9-10,13H,2,8H2,1H3,(H,16,19)(H,17,18)/b9-5+. The molecule has 0 bridgehead atoms. The highest BCUT2D eigenvalue weighted by Crippen LogP contribution is 2.20. The van der Waals surface area contributed by atoms with Crippen LogP contribution in [-0.4, -0.2) is 29.2 Å². The fraction of sp³-hybridized carbons (Fsp3) is 0.333. The number of aliphatic carboxylic acids is 1. The van der Waals surface area contributed by atoms with Gasteiger partial charge in [-0.05, 0) is 43.5 Å². The second-order valence-corrected chi connectivity index (χ2v) is 4.80. The molecule has 1 aliphatic heterocycles. The Morgan fingerprint density at radius 3 is 2.55 bits per heavy atom. The highest BCUT2D eigenvalue weighted by molar-refractivity contribution is 5.94. The molecule has 5 nitrogen and oxygen atoms in total. The van der Waals surface area contributed by atoms with E-state index in [1.54, 1.807) is 24.3 Å². The van der Waals surface area contributed by atoms with Crippen LogP contribution in [0, 0.1) is 0 Å². The summed E-state index contributed by atoms with van der Waals surface area (Å²) in [5.41, 5.74) is 1.43. The molecule has 0 radical (unpaired) electrons. The second-order valence-electron chi connectivity index (χ2n) is 4.80. The molecular weight excluding hydrogens is 258 g/mol. The van der Waals surface area contributed by atoms with Gasteiger partial charge in [-0.25, -0.2) is 4.79 Å². The van der Waals surface area contributed by atoms with Crippen LogP contribution in [0.15, 0.2) is 30.3 Å². The molecule has 0 aromatic heterocycles. The molecule has 1 aromatic rings. The summed E-state index contributed by atoms with van der Waals surface area (Å²) in [7, 11) is 0. The number of carboxylic acid groups (broad SMARTS) is 1. The lowest BCUT2D eigenvalue weighted by molar-refractivity contribution is -0.131. The van der Waals surface area contributed by atoms with Gasteiger partial charge in [-0.15, -0.1) is 0 Å². The maximum atomic E-state index is 11.9. The Morgan fingerprint density at radius 1 is 1.30 bits per heavy atom. The van der Waals surface area contributed by atoms with Gasteiger partial charge in [0, 0.05) is 11.8 Å². The minimum Gasteiger partial charge on any atom is -0.478 e. The minimum absolute atomic E-state index is 0.134. The summed E-state index contributed by atoms with van der Waals surface area (Å²) in [6.07, 6.45) is 3.96. The van der Waals surface area contributed by atoms with E-state index in [9.17, 15) is 9.59 Å². The first-order chi connectivity index (χ1) is 9.54. The fourth-order valence-electron chi connectivity index (χ4n) is 2.06. The van der Waals surface area contributed by atoms with Crippen molar-refractivity contribution in [1.29, 1.82) is 0 Å². The molecule has 1 fully saturated rings. The third-order valence-electron chi connectivity index (χ3n) is 3.12. The largest absolute Gasteiger partial charge is 0.478 e. The van der Waals surface area contributed by atoms with E-state index in [2.05, 4.69) is 5.32 Å². The topological polar surface area (TPSA) is 75.6 Å². The summed E-state index contributed by atoms with van der Waals surface area (Å²) in [5, 5.41) is 11.3. The molecule has 2 atom stereocenters. The first-order valence-corrected chi connectivity index (χ1v) is 6.52. The highest BCUT2D eigenvalue weighted by atomic mass is 16.5. The lowest BCUT2D eigenvalue weighted by Crippen LogP contribution is -2.27. The smallest absolute Gasteiger partial charge is 0.328 e. The fourth-order valence-corrected chi connectivity index (χ4v) is 2.06. The first kappa shape index (κ1) is 14.3. The second kappa shape index (κ2) is 6.34. The van der Waals surface area contributed by atoms with E-state index in [4.69, 9.17) is 9.84 Å². The summed E-state index contributed by atoms with van der Waals surface area (Å²) < 4.78 is 5.50. The van der Waals surface area contributed by atoms with Crippen molar-refractivity contribution in [2.45, 2.75) is 32.0 Å². The molecule has 0 aliphatic carbocycles. The quantitative estimate of drug-likeness (QED) is 0.827. The van der Waals surface area contributed by atoms with Crippen LogP contribution in [0.4, 0.5) is 5.69 Å². The van der Waals surface area contributed by atoms with Crippen molar-refractivity contribution >= 4 is 23.6 Å². The van der Waals surface area contributed by atoms with Crippen LogP contribution in [0.1, 0.15) is 25.3 Å². The van der Waals surface area contributed by atoms with Gasteiger partial charge in [0.2, 0.25) is 0 Å². The summed E-state index contributed by atoms with van der Waals surface area (Å²) in [6, 6.07) is 6.95. The van der Waals surface area contributed by atoms with E-state index in [1.165, 1.54) is 6.08 Å². The number of anilines is 1. The number of benzene rings is 1. The average Bonchev–Trinajstić information content (AvgIpc) is 2.85. The molecule has 0 spiro atoms. The number of ether oxygens (including phenoxy) is 1. The molecule has 1 heterocycles. The summed E-state index contributed by atoms with van der Waals surface area (Å²) in [6.45, 7) is 1.96. The Morgan fingerprint density at radius 2 is 2.00 bits per heavy atom.